The Labute approximate surface area is 115 Å². The van der Waals surface area contributed by atoms with Crippen LogP contribution in [0.4, 0.5) is 5.82 Å². The number of likely N-dealkylation sites (N-methyl/N-ethyl adjacent to an activating group) is 1. The van der Waals surface area contributed by atoms with Crippen molar-refractivity contribution in [2.75, 3.05) is 38.6 Å². The molecular formula is C14H23N5. The molecule has 0 unspecified atom stereocenters. The molecule has 19 heavy (non-hydrogen) atoms. The summed E-state index contributed by atoms with van der Waals surface area (Å²) in [7, 11) is 4.09. The lowest BCUT2D eigenvalue weighted by Crippen LogP contribution is -2.34. The molecule has 0 fully saturated rings. The molecule has 104 valence electrons. The Morgan fingerprint density at radius 3 is 2.32 bits per heavy atom. The highest BCUT2D eigenvalue weighted by Gasteiger charge is 2.16. The van der Waals surface area contributed by atoms with Crippen molar-refractivity contribution in [1.82, 2.24) is 15.1 Å². The average Bonchev–Trinajstić information content (AvgIpc) is 2.37. The number of hydrogen-bond acceptors (Lipinski definition) is 5. The van der Waals surface area contributed by atoms with E-state index in [-0.39, 0.29) is 0 Å². The SMILES string of the molecule is CCCN(CCN(C)C)c1nnc(C)c(C)c1C#N. The summed E-state index contributed by atoms with van der Waals surface area (Å²) in [4.78, 5) is 4.28. The van der Waals surface area contributed by atoms with E-state index in [4.69, 9.17) is 0 Å². The molecule has 1 heterocycles. The summed E-state index contributed by atoms with van der Waals surface area (Å²) in [6, 6.07) is 2.27. The quantitative estimate of drug-likeness (QED) is 0.780. The first-order valence-corrected chi connectivity index (χ1v) is 6.64. The number of rotatable bonds is 6. The average molecular weight is 261 g/mol. The molecule has 0 saturated heterocycles. The van der Waals surface area contributed by atoms with Crippen molar-refractivity contribution in [1.29, 1.82) is 5.26 Å². The van der Waals surface area contributed by atoms with Crippen molar-refractivity contribution in [3.05, 3.63) is 16.8 Å². The molecule has 0 amide bonds. The van der Waals surface area contributed by atoms with Crippen LogP contribution in [-0.4, -0.2) is 48.8 Å². The molecule has 0 spiro atoms. The molecule has 0 N–H and O–H groups in total. The summed E-state index contributed by atoms with van der Waals surface area (Å²) >= 11 is 0. The molecule has 0 aliphatic heterocycles. The topological polar surface area (TPSA) is 56.1 Å². The first-order chi connectivity index (χ1) is 9.01. The van der Waals surface area contributed by atoms with Crippen LogP contribution in [0.25, 0.3) is 0 Å². The third-order valence-electron chi connectivity index (χ3n) is 3.16. The van der Waals surface area contributed by atoms with Gasteiger partial charge in [0.1, 0.15) is 11.6 Å². The minimum Gasteiger partial charge on any atom is -0.353 e. The molecule has 0 bridgehead atoms. The zero-order chi connectivity index (χ0) is 14.4. The smallest absolute Gasteiger partial charge is 0.169 e. The lowest BCUT2D eigenvalue weighted by Gasteiger charge is -2.25. The zero-order valence-corrected chi connectivity index (χ0v) is 12.6. The molecule has 0 atom stereocenters. The largest absolute Gasteiger partial charge is 0.353 e. The fourth-order valence-corrected chi connectivity index (χ4v) is 1.87. The van der Waals surface area contributed by atoms with E-state index in [0.29, 0.717) is 11.4 Å². The van der Waals surface area contributed by atoms with Crippen LogP contribution in [0.5, 0.6) is 0 Å². The number of nitriles is 1. The van der Waals surface area contributed by atoms with Crippen LogP contribution in [0.2, 0.25) is 0 Å². The van der Waals surface area contributed by atoms with Gasteiger partial charge in [-0.15, -0.1) is 5.10 Å². The summed E-state index contributed by atoms with van der Waals surface area (Å²) in [6.07, 6.45) is 1.02. The van der Waals surface area contributed by atoms with E-state index in [1.54, 1.807) is 0 Å². The van der Waals surface area contributed by atoms with E-state index in [0.717, 1.165) is 37.3 Å². The van der Waals surface area contributed by atoms with E-state index in [1.165, 1.54) is 0 Å². The number of aromatic nitrogens is 2. The second-order valence-electron chi connectivity index (χ2n) is 5.01. The molecule has 0 aliphatic carbocycles. The highest BCUT2D eigenvalue weighted by atomic mass is 15.3. The Bertz CT molecular complexity index is 462. The van der Waals surface area contributed by atoms with Crippen LogP contribution < -0.4 is 4.90 Å². The van der Waals surface area contributed by atoms with Crippen LogP contribution >= 0.6 is 0 Å². The molecule has 0 aromatic carbocycles. The minimum atomic E-state index is 0.653. The van der Waals surface area contributed by atoms with Crippen molar-refractivity contribution in [3.8, 4) is 6.07 Å². The van der Waals surface area contributed by atoms with Gasteiger partial charge in [-0.3, -0.25) is 0 Å². The first kappa shape index (κ1) is 15.4. The summed E-state index contributed by atoms with van der Waals surface area (Å²) in [5.41, 5.74) is 2.41. The highest BCUT2D eigenvalue weighted by Crippen LogP contribution is 2.21. The summed E-state index contributed by atoms with van der Waals surface area (Å²) in [5, 5.41) is 17.8. The van der Waals surface area contributed by atoms with Gasteiger partial charge in [0.2, 0.25) is 0 Å². The Balaban J connectivity index is 3.08. The molecule has 1 aromatic heterocycles. The van der Waals surface area contributed by atoms with E-state index in [2.05, 4.69) is 33.0 Å². The monoisotopic (exact) mass is 261 g/mol. The standard InChI is InChI=1S/C14H23N5/c1-6-7-19(9-8-18(4)5)14-13(10-15)11(2)12(3)16-17-14/h6-9H2,1-5H3. The van der Waals surface area contributed by atoms with Gasteiger partial charge in [0, 0.05) is 19.6 Å². The molecule has 0 radical (unpaired) electrons. The molecule has 1 rings (SSSR count). The van der Waals surface area contributed by atoms with Gasteiger partial charge < -0.3 is 9.80 Å². The molecule has 0 aliphatic rings. The van der Waals surface area contributed by atoms with Crippen molar-refractivity contribution < 1.29 is 0 Å². The van der Waals surface area contributed by atoms with Gasteiger partial charge in [-0.25, -0.2) is 0 Å². The number of aryl methyl sites for hydroxylation is 1. The van der Waals surface area contributed by atoms with Gasteiger partial charge in [-0.05, 0) is 39.9 Å². The molecule has 5 nitrogen and oxygen atoms in total. The lowest BCUT2D eigenvalue weighted by molar-refractivity contribution is 0.412. The van der Waals surface area contributed by atoms with Crippen molar-refractivity contribution >= 4 is 5.82 Å². The van der Waals surface area contributed by atoms with Gasteiger partial charge in [0.25, 0.3) is 0 Å². The Morgan fingerprint density at radius 2 is 1.79 bits per heavy atom. The van der Waals surface area contributed by atoms with E-state index in [1.807, 2.05) is 27.9 Å². The predicted octanol–water partition coefficient (Wildman–Crippen LogP) is 1.74. The van der Waals surface area contributed by atoms with Gasteiger partial charge in [-0.2, -0.15) is 10.4 Å². The summed E-state index contributed by atoms with van der Waals surface area (Å²) < 4.78 is 0. The van der Waals surface area contributed by atoms with E-state index < -0.39 is 0 Å². The Morgan fingerprint density at radius 1 is 1.11 bits per heavy atom. The van der Waals surface area contributed by atoms with Crippen LogP contribution in [0.15, 0.2) is 0 Å². The van der Waals surface area contributed by atoms with Crippen LogP contribution in [-0.2, 0) is 0 Å². The van der Waals surface area contributed by atoms with Gasteiger partial charge >= 0.3 is 0 Å². The fourth-order valence-electron chi connectivity index (χ4n) is 1.87. The predicted molar refractivity (Wildman–Crippen MR) is 77.3 cm³/mol. The molecule has 5 heteroatoms. The zero-order valence-electron chi connectivity index (χ0n) is 12.6. The number of anilines is 1. The van der Waals surface area contributed by atoms with E-state index >= 15 is 0 Å². The Hall–Kier alpha value is -1.67. The third kappa shape index (κ3) is 3.90. The minimum absolute atomic E-state index is 0.653. The van der Waals surface area contributed by atoms with Crippen LogP contribution in [0.1, 0.15) is 30.2 Å². The fraction of sp³-hybridized carbons (Fsp3) is 0.643. The second-order valence-corrected chi connectivity index (χ2v) is 5.01. The number of nitrogens with zero attached hydrogens (tertiary/aromatic N) is 5. The van der Waals surface area contributed by atoms with Gasteiger partial charge in [0.15, 0.2) is 5.82 Å². The van der Waals surface area contributed by atoms with Crippen LogP contribution in [0.3, 0.4) is 0 Å². The summed E-state index contributed by atoms with van der Waals surface area (Å²) in [6.45, 7) is 8.62. The first-order valence-electron chi connectivity index (χ1n) is 6.64. The molecule has 0 saturated carbocycles. The van der Waals surface area contributed by atoms with Crippen molar-refractivity contribution in [2.24, 2.45) is 0 Å². The van der Waals surface area contributed by atoms with Crippen molar-refractivity contribution in [3.63, 3.8) is 0 Å². The van der Waals surface area contributed by atoms with Crippen LogP contribution in [0, 0.1) is 25.2 Å². The van der Waals surface area contributed by atoms with Gasteiger partial charge in [0.05, 0.1) is 5.69 Å². The summed E-state index contributed by atoms with van der Waals surface area (Å²) in [5.74, 6) is 0.717. The number of hydrogen-bond donors (Lipinski definition) is 0. The lowest BCUT2D eigenvalue weighted by atomic mass is 10.1. The Kier molecular flexibility index (Phi) is 5.71. The van der Waals surface area contributed by atoms with Crippen molar-refractivity contribution in [2.45, 2.75) is 27.2 Å². The third-order valence-corrected chi connectivity index (χ3v) is 3.16. The molecule has 1 aromatic rings. The highest BCUT2D eigenvalue weighted by molar-refractivity contribution is 5.57. The normalized spacial score (nSPS) is 10.6. The maximum absolute atomic E-state index is 9.36. The van der Waals surface area contributed by atoms with E-state index in [9.17, 15) is 5.26 Å². The second kappa shape index (κ2) is 7.05. The van der Waals surface area contributed by atoms with Gasteiger partial charge in [-0.1, -0.05) is 6.92 Å². The maximum atomic E-state index is 9.36. The maximum Gasteiger partial charge on any atom is 0.169 e. The molecular weight excluding hydrogens is 238 g/mol.